The van der Waals surface area contributed by atoms with Crippen LogP contribution in [0.4, 0.5) is 5.69 Å². The summed E-state index contributed by atoms with van der Waals surface area (Å²) in [6.07, 6.45) is 0.433. The number of halogens is 1. The first-order valence-corrected chi connectivity index (χ1v) is 5.70. The Labute approximate surface area is 107 Å². The number of rotatable bonds is 5. The van der Waals surface area contributed by atoms with Gasteiger partial charge in [-0.1, -0.05) is 11.6 Å². The third-order valence-corrected chi connectivity index (χ3v) is 2.55. The molecule has 0 bridgehead atoms. The van der Waals surface area contributed by atoms with Crippen LogP contribution in [-0.2, 0) is 4.79 Å². The van der Waals surface area contributed by atoms with Crippen molar-refractivity contribution in [2.75, 3.05) is 33.1 Å². The lowest BCUT2D eigenvalue weighted by molar-refractivity contribution is -0.128. The molecule has 0 saturated heterocycles. The van der Waals surface area contributed by atoms with Crippen molar-refractivity contribution in [3.05, 3.63) is 23.2 Å². The lowest BCUT2D eigenvalue weighted by Crippen LogP contribution is -2.23. The van der Waals surface area contributed by atoms with Crippen molar-refractivity contribution in [3.63, 3.8) is 0 Å². The normalized spacial score (nSPS) is 9.88. The van der Waals surface area contributed by atoms with Crippen LogP contribution in [-0.4, -0.2) is 38.6 Å². The van der Waals surface area contributed by atoms with Crippen LogP contribution >= 0.6 is 11.6 Å². The van der Waals surface area contributed by atoms with E-state index in [0.717, 1.165) is 5.69 Å². The highest BCUT2D eigenvalue weighted by Gasteiger charge is 2.06. The summed E-state index contributed by atoms with van der Waals surface area (Å²) in [5, 5.41) is 3.77. The first-order chi connectivity index (χ1) is 8.04. The highest BCUT2D eigenvalue weighted by Crippen LogP contribution is 2.27. The van der Waals surface area contributed by atoms with Crippen LogP contribution in [0.5, 0.6) is 5.75 Å². The molecule has 5 heteroatoms. The number of amides is 1. The van der Waals surface area contributed by atoms with Gasteiger partial charge in [-0.25, -0.2) is 0 Å². The molecule has 0 spiro atoms. The van der Waals surface area contributed by atoms with E-state index < -0.39 is 0 Å². The first-order valence-electron chi connectivity index (χ1n) is 5.32. The van der Waals surface area contributed by atoms with E-state index in [0.29, 0.717) is 23.7 Å². The number of nitrogens with one attached hydrogen (secondary N) is 1. The zero-order valence-electron chi connectivity index (χ0n) is 10.3. The number of hydrogen-bond acceptors (Lipinski definition) is 3. The molecular formula is C12H17ClN2O2. The van der Waals surface area contributed by atoms with E-state index in [1.807, 2.05) is 0 Å². The van der Waals surface area contributed by atoms with E-state index >= 15 is 0 Å². The minimum Gasteiger partial charge on any atom is -0.495 e. The van der Waals surface area contributed by atoms with E-state index in [9.17, 15) is 4.79 Å². The molecule has 0 radical (unpaired) electrons. The van der Waals surface area contributed by atoms with Crippen LogP contribution in [0.2, 0.25) is 5.02 Å². The van der Waals surface area contributed by atoms with E-state index in [1.165, 1.54) is 0 Å². The molecule has 0 fully saturated rings. The van der Waals surface area contributed by atoms with Gasteiger partial charge in [-0.3, -0.25) is 4.79 Å². The Morgan fingerprint density at radius 1 is 1.47 bits per heavy atom. The van der Waals surface area contributed by atoms with Gasteiger partial charge in [0.15, 0.2) is 0 Å². The van der Waals surface area contributed by atoms with Crippen LogP contribution in [0.1, 0.15) is 6.42 Å². The highest BCUT2D eigenvalue weighted by atomic mass is 35.5. The summed E-state index contributed by atoms with van der Waals surface area (Å²) in [5.41, 5.74) is 0.798. The Kier molecular flexibility index (Phi) is 5.10. The molecule has 1 amide bonds. The molecule has 1 N–H and O–H groups in total. The second-order valence-electron chi connectivity index (χ2n) is 3.81. The molecule has 1 aromatic rings. The summed E-state index contributed by atoms with van der Waals surface area (Å²) in [6.45, 7) is 0.549. The van der Waals surface area contributed by atoms with Gasteiger partial charge in [0.2, 0.25) is 5.91 Å². The van der Waals surface area contributed by atoms with Crippen molar-refractivity contribution in [2.24, 2.45) is 0 Å². The van der Waals surface area contributed by atoms with Gasteiger partial charge in [0.1, 0.15) is 5.75 Å². The van der Waals surface area contributed by atoms with E-state index in [-0.39, 0.29) is 5.91 Å². The van der Waals surface area contributed by atoms with Gasteiger partial charge in [0.25, 0.3) is 0 Å². The first kappa shape index (κ1) is 13.6. The fourth-order valence-electron chi connectivity index (χ4n) is 1.35. The summed E-state index contributed by atoms with van der Waals surface area (Å²) in [7, 11) is 5.07. The third kappa shape index (κ3) is 4.15. The molecule has 0 aliphatic carbocycles. The van der Waals surface area contributed by atoms with E-state index in [4.69, 9.17) is 16.3 Å². The molecule has 1 aromatic carbocycles. The van der Waals surface area contributed by atoms with Crippen molar-refractivity contribution in [1.82, 2.24) is 4.90 Å². The molecule has 0 saturated carbocycles. The number of hydrogen-bond donors (Lipinski definition) is 1. The molecule has 0 heterocycles. The average Bonchev–Trinajstić information content (AvgIpc) is 2.29. The van der Waals surface area contributed by atoms with Crippen LogP contribution in [0.15, 0.2) is 18.2 Å². The maximum Gasteiger partial charge on any atom is 0.223 e. The summed E-state index contributed by atoms with van der Waals surface area (Å²) >= 11 is 5.89. The van der Waals surface area contributed by atoms with Crippen molar-refractivity contribution < 1.29 is 9.53 Å². The predicted octanol–water partition coefficient (Wildman–Crippen LogP) is 2.24. The van der Waals surface area contributed by atoms with Crippen LogP contribution < -0.4 is 10.1 Å². The number of nitrogens with zero attached hydrogens (tertiary/aromatic N) is 1. The van der Waals surface area contributed by atoms with Crippen molar-refractivity contribution >= 4 is 23.2 Å². The zero-order valence-corrected chi connectivity index (χ0v) is 11.0. The third-order valence-electron chi connectivity index (χ3n) is 2.31. The standard InChI is InChI=1S/C12H17ClN2O2/c1-15(2)12(16)6-7-14-10-8-9(13)4-5-11(10)17-3/h4-5,8,14H,6-7H2,1-3H3. The molecule has 0 unspecified atom stereocenters. The van der Waals surface area contributed by atoms with Gasteiger partial charge >= 0.3 is 0 Å². The van der Waals surface area contributed by atoms with Crippen molar-refractivity contribution in [1.29, 1.82) is 0 Å². The molecule has 17 heavy (non-hydrogen) atoms. The number of methoxy groups -OCH3 is 1. The van der Waals surface area contributed by atoms with Crippen LogP contribution in [0.25, 0.3) is 0 Å². The second kappa shape index (κ2) is 6.35. The maximum absolute atomic E-state index is 11.4. The number of benzene rings is 1. The Morgan fingerprint density at radius 3 is 2.76 bits per heavy atom. The lowest BCUT2D eigenvalue weighted by Gasteiger charge is -2.13. The molecule has 0 atom stereocenters. The number of anilines is 1. The SMILES string of the molecule is COc1ccc(Cl)cc1NCCC(=O)N(C)C. The van der Waals surface area contributed by atoms with Gasteiger partial charge in [0.05, 0.1) is 12.8 Å². The van der Waals surface area contributed by atoms with Gasteiger partial charge in [-0.2, -0.15) is 0 Å². The number of carbonyl (C=O) groups is 1. The fourth-order valence-corrected chi connectivity index (χ4v) is 1.52. The minimum absolute atomic E-state index is 0.0819. The molecular weight excluding hydrogens is 240 g/mol. The summed E-state index contributed by atoms with van der Waals surface area (Å²) in [4.78, 5) is 12.9. The summed E-state index contributed by atoms with van der Waals surface area (Å²) in [5.74, 6) is 0.796. The van der Waals surface area contributed by atoms with Crippen LogP contribution in [0.3, 0.4) is 0 Å². The average molecular weight is 257 g/mol. The monoisotopic (exact) mass is 256 g/mol. The van der Waals surface area contributed by atoms with Gasteiger partial charge in [-0.05, 0) is 18.2 Å². The Bertz CT molecular complexity index is 394. The Morgan fingerprint density at radius 2 is 2.18 bits per heavy atom. The molecule has 0 aliphatic rings. The van der Waals surface area contributed by atoms with Crippen molar-refractivity contribution in [3.8, 4) is 5.75 Å². The highest BCUT2D eigenvalue weighted by molar-refractivity contribution is 6.30. The fraction of sp³-hybridized carbons (Fsp3) is 0.417. The zero-order chi connectivity index (χ0) is 12.8. The molecule has 0 aromatic heterocycles. The van der Waals surface area contributed by atoms with Gasteiger partial charge in [0, 0.05) is 32.1 Å². The minimum atomic E-state index is 0.0819. The number of carbonyl (C=O) groups excluding carboxylic acids is 1. The van der Waals surface area contributed by atoms with Crippen molar-refractivity contribution in [2.45, 2.75) is 6.42 Å². The lowest BCUT2D eigenvalue weighted by atomic mass is 10.2. The Balaban J connectivity index is 2.56. The van der Waals surface area contributed by atoms with Gasteiger partial charge < -0.3 is 15.0 Å². The molecule has 1 rings (SSSR count). The molecule has 0 aliphatic heterocycles. The number of ether oxygens (including phenoxy) is 1. The molecule has 4 nitrogen and oxygen atoms in total. The van der Waals surface area contributed by atoms with Crippen LogP contribution in [0, 0.1) is 0 Å². The topological polar surface area (TPSA) is 41.6 Å². The second-order valence-corrected chi connectivity index (χ2v) is 4.25. The largest absolute Gasteiger partial charge is 0.495 e. The van der Waals surface area contributed by atoms with E-state index in [1.54, 1.807) is 44.3 Å². The summed E-state index contributed by atoms with van der Waals surface area (Å²) in [6, 6.07) is 5.33. The summed E-state index contributed by atoms with van der Waals surface area (Å²) < 4.78 is 5.19. The van der Waals surface area contributed by atoms with E-state index in [2.05, 4.69) is 5.32 Å². The maximum atomic E-state index is 11.4. The van der Waals surface area contributed by atoms with Gasteiger partial charge in [-0.15, -0.1) is 0 Å². The smallest absolute Gasteiger partial charge is 0.223 e. The molecule has 94 valence electrons. The quantitative estimate of drug-likeness (QED) is 0.879. The Hall–Kier alpha value is -1.42. The predicted molar refractivity (Wildman–Crippen MR) is 69.8 cm³/mol.